The largest absolute Gasteiger partial charge is 0.278 e. The van der Waals surface area contributed by atoms with Gasteiger partial charge in [0.1, 0.15) is 0 Å². The molecule has 0 unspecified atom stereocenters. The van der Waals surface area contributed by atoms with Crippen LogP contribution in [-0.4, -0.2) is 10.2 Å². The van der Waals surface area contributed by atoms with Crippen LogP contribution in [0.15, 0.2) is 18.2 Å². The van der Waals surface area contributed by atoms with E-state index in [1.54, 1.807) is 0 Å². The molecule has 3 rings (SSSR count). The van der Waals surface area contributed by atoms with Gasteiger partial charge >= 0.3 is 0 Å². The normalized spacial score (nSPS) is 19.4. The maximum Gasteiger partial charge on any atom is 0.0669 e. The topological polar surface area (TPSA) is 28.7 Å². The van der Waals surface area contributed by atoms with E-state index in [2.05, 4.69) is 44.3 Å². The summed E-state index contributed by atoms with van der Waals surface area (Å²) < 4.78 is 0.209. The minimum atomic E-state index is 0.209. The molecule has 1 saturated carbocycles. The van der Waals surface area contributed by atoms with Crippen molar-refractivity contribution in [2.75, 3.05) is 0 Å². The van der Waals surface area contributed by atoms with Crippen LogP contribution in [0.5, 0.6) is 0 Å². The highest BCUT2D eigenvalue weighted by molar-refractivity contribution is 9.09. The fraction of sp³-hybridized carbons (Fsp3) is 0.462. The van der Waals surface area contributed by atoms with Crippen molar-refractivity contribution in [2.45, 2.75) is 36.9 Å². The monoisotopic (exact) mass is 278 g/mol. The Hall–Kier alpha value is -0.830. The second kappa shape index (κ2) is 3.59. The molecule has 0 spiro atoms. The minimum Gasteiger partial charge on any atom is -0.278 e. The van der Waals surface area contributed by atoms with Gasteiger partial charge in [-0.1, -0.05) is 40.9 Å². The molecule has 0 saturated heterocycles. The predicted molar refractivity (Wildman–Crippen MR) is 69.9 cm³/mol. The Kier molecular flexibility index (Phi) is 2.32. The van der Waals surface area contributed by atoms with Crippen molar-refractivity contribution in [2.24, 2.45) is 0 Å². The van der Waals surface area contributed by atoms with E-state index in [0.717, 1.165) is 11.2 Å². The number of fused-ring (bicyclic) bond motifs is 1. The zero-order valence-corrected chi connectivity index (χ0v) is 11.0. The number of benzene rings is 1. The highest BCUT2D eigenvalue weighted by Crippen LogP contribution is 2.46. The molecule has 0 bridgehead atoms. The van der Waals surface area contributed by atoms with Crippen LogP contribution in [0.1, 0.15) is 36.9 Å². The Labute approximate surface area is 104 Å². The molecule has 1 heterocycles. The second-order valence-electron chi connectivity index (χ2n) is 4.74. The van der Waals surface area contributed by atoms with Crippen LogP contribution in [0.3, 0.4) is 0 Å². The highest BCUT2D eigenvalue weighted by atomic mass is 79.9. The molecule has 16 heavy (non-hydrogen) atoms. The zero-order chi connectivity index (χ0) is 11.2. The summed E-state index contributed by atoms with van der Waals surface area (Å²) in [6, 6.07) is 6.67. The van der Waals surface area contributed by atoms with Crippen molar-refractivity contribution in [3.63, 3.8) is 0 Å². The average molecular weight is 279 g/mol. The van der Waals surface area contributed by atoms with Crippen LogP contribution < -0.4 is 0 Å². The van der Waals surface area contributed by atoms with Crippen molar-refractivity contribution < 1.29 is 0 Å². The van der Waals surface area contributed by atoms with Crippen molar-refractivity contribution >= 4 is 26.8 Å². The van der Waals surface area contributed by atoms with Crippen LogP contribution in [0.4, 0.5) is 0 Å². The number of alkyl halides is 1. The lowest BCUT2D eigenvalue weighted by molar-refractivity contribution is 0.669. The van der Waals surface area contributed by atoms with Gasteiger partial charge in [-0.3, -0.25) is 5.10 Å². The van der Waals surface area contributed by atoms with Gasteiger partial charge in [-0.2, -0.15) is 5.10 Å². The van der Waals surface area contributed by atoms with Crippen LogP contribution in [0.2, 0.25) is 0 Å². The molecule has 84 valence electrons. The minimum absolute atomic E-state index is 0.209. The number of nitrogens with one attached hydrogen (secondary N) is 1. The van der Waals surface area contributed by atoms with E-state index in [9.17, 15) is 0 Å². The first-order chi connectivity index (χ1) is 7.69. The van der Waals surface area contributed by atoms with Crippen LogP contribution in [0, 0.1) is 6.92 Å². The molecule has 1 aromatic heterocycles. The third-order valence-electron chi connectivity index (χ3n) is 3.67. The molecule has 1 N–H and O–H groups in total. The number of halogens is 1. The van der Waals surface area contributed by atoms with E-state index in [4.69, 9.17) is 0 Å². The number of rotatable bonds is 1. The van der Waals surface area contributed by atoms with Gasteiger partial charge in [0.25, 0.3) is 0 Å². The number of aromatic amines is 1. The third kappa shape index (κ3) is 1.49. The van der Waals surface area contributed by atoms with Crippen molar-refractivity contribution in [1.82, 2.24) is 10.2 Å². The molecule has 1 aliphatic carbocycles. The molecule has 0 radical (unpaired) electrons. The molecule has 0 amide bonds. The first kappa shape index (κ1) is 10.3. The molecule has 3 heteroatoms. The molecule has 2 aromatic rings. The molecule has 2 nitrogen and oxygen atoms in total. The smallest absolute Gasteiger partial charge is 0.0669 e. The SMILES string of the molecule is Cc1n[nH]c2cc(C3(Br)CCCC3)ccc12. The number of aryl methyl sites for hydroxylation is 1. The summed E-state index contributed by atoms with van der Waals surface area (Å²) in [5.74, 6) is 0. The number of hydrogen-bond acceptors (Lipinski definition) is 1. The lowest BCUT2D eigenvalue weighted by atomic mass is 9.96. The van der Waals surface area contributed by atoms with E-state index in [1.807, 2.05) is 6.92 Å². The van der Waals surface area contributed by atoms with Crippen molar-refractivity contribution in [3.05, 3.63) is 29.5 Å². The highest BCUT2D eigenvalue weighted by Gasteiger charge is 2.32. The Balaban J connectivity index is 2.11. The first-order valence-electron chi connectivity index (χ1n) is 5.83. The average Bonchev–Trinajstić information content (AvgIpc) is 2.87. The standard InChI is InChI=1S/C13H15BrN2/c1-9-11-5-4-10(8-12(11)16-15-9)13(14)6-2-3-7-13/h4-5,8H,2-3,6-7H2,1H3,(H,15,16). The molecule has 0 aliphatic heterocycles. The number of H-pyrrole nitrogens is 1. The third-order valence-corrected chi connectivity index (χ3v) is 4.92. The van der Waals surface area contributed by atoms with Gasteiger partial charge in [-0.05, 0) is 31.4 Å². The van der Waals surface area contributed by atoms with E-state index in [1.165, 1.54) is 36.6 Å². The van der Waals surface area contributed by atoms with Gasteiger partial charge in [-0.15, -0.1) is 0 Å². The van der Waals surface area contributed by atoms with Gasteiger partial charge in [0, 0.05) is 5.39 Å². The Morgan fingerprint density at radius 1 is 1.31 bits per heavy atom. The summed E-state index contributed by atoms with van der Waals surface area (Å²) >= 11 is 3.91. The first-order valence-corrected chi connectivity index (χ1v) is 6.62. The summed E-state index contributed by atoms with van der Waals surface area (Å²) in [6.45, 7) is 2.04. The van der Waals surface area contributed by atoms with Crippen molar-refractivity contribution in [3.8, 4) is 0 Å². The second-order valence-corrected chi connectivity index (χ2v) is 6.26. The van der Waals surface area contributed by atoms with Gasteiger partial charge in [0.05, 0.1) is 15.5 Å². The lowest BCUT2D eigenvalue weighted by Crippen LogP contribution is -2.11. The molecule has 1 aliphatic rings. The molecule has 1 fully saturated rings. The van der Waals surface area contributed by atoms with Crippen LogP contribution in [-0.2, 0) is 4.32 Å². The Morgan fingerprint density at radius 2 is 2.06 bits per heavy atom. The summed E-state index contributed by atoms with van der Waals surface area (Å²) in [4.78, 5) is 0. The molecule has 0 atom stereocenters. The number of aromatic nitrogens is 2. The summed E-state index contributed by atoms with van der Waals surface area (Å²) in [6.07, 6.45) is 5.13. The summed E-state index contributed by atoms with van der Waals surface area (Å²) in [5.41, 5.74) is 3.62. The van der Waals surface area contributed by atoms with Crippen molar-refractivity contribution in [1.29, 1.82) is 0 Å². The van der Waals surface area contributed by atoms with Gasteiger partial charge in [-0.25, -0.2) is 0 Å². The predicted octanol–water partition coefficient (Wildman–Crippen LogP) is 4.04. The zero-order valence-electron chi connectivity index (χ0n) is 9.39. The molecular formula is C13H15BrN2. The number of nitrogens with zero attached hydrogens (tertiary/aromatic N) is 1. The Bertz CT molecular complexity index is 524. The Morgan fingerprint density at radius 3 is 2.81 bits per heavy atom. The quantitative estimate of drug-likeness (QED) is 0.784. The van der Waals surface area contributed by atoms with E-state index >= 15 is 0 Å². The van der Waals surface area contributed by atoms with E-state index < -0.39 is 0 Å². The lowest BCUT2D eigenvalue weighted by Gasteiger charge is -2.21. The fourth-order valence-electron chi connectivity index (χ4n) is 2.66. The number of hydrogen-bond donors (Lipinski definition) is 1. The molecule has 1 aromatic carbocycles. The van der Waals surface area contributed by atoms with E-state index in [-0.39, 0.29) is 4.32 Å². The molecular weight excluding hydrogens is 264 g/mol. The summed E-state index contributed by atoms with van der Waals surface area (Å²) in [7, 11) is 0. The van der Waals surface area contributed by atoms with Gasteiger partial charge in [0.2, 0.25) is 0 Å². The summed E-state index contributed by atoms with van der Waals surface area (Å²) in [5, 5.41) is 8.58. The van der Waals surface area contributed by atoms with Gasteiger partial charge < -0.3 is 0 Å². The maximum absolute atomic E-state index is 4.25. The fourth-order valence-corrected chi connectivity index (χ4v) is 3.47. The van der Waals surface area contributed by atoms with Gasteiger partial charge in [0.15, 0.2) is 0 Å². The van der Waals surface area contributed by atoms with Crippen LogP contribution >= 0.6 is 15.9 Å². The van der Waals surface area contributed by atoms with E-state index in [0.29, 0.717) is 0 Å². The maximum atomic E-state index is 4.25. The van der Waals surface area contributed by atoms with Crippen LogP contribution in [0.25, 0.3) is 10.9 Å².